The van der Waals surface area contributed by atoms with Gasteiger partial charge in [0.2, 0.25) is 0 Å². The maximum atomic E-state index is 13.4. The van der Waals surface area contributed by atoms with Gasteiger partial charge in [0.05, 0.1) is 24.9 Å². The van der Waals surface area contributed by atoms with E-state index < -0.39 is 5.60 Å². The summed E-state index contributed by atoms with van der Waals surface area (Å²) in [6.07, 6.45) is 3.47. The minimum absolute atomic E-state index is 0.133. The standard InChI is InChI=1S/C23H25N5O3/c1-17-20(15-26-27-17)21(29)28-11-12-31-23(16-28,13-19-9-5-6-10-24-19)22(30)25-14-18-7-3-2-4-8-18/h2-10,15H,11-14,16H2,1H3,(H,25,30)(H,26,27)/t23-/m0/s1. The number of nitrogens with zero attached hydrogens (tertiary/aromatic N) is 3. The number of aromatic nitrogens is 3. The lowest BCUT2D eigenvalue weighted by atomic mass is 9.93. The lowest BCUT2D eigenvalue weighted by Crippen LogP contribution is -2.62. The normalized spacial score (nSPS) is 18.5. The first-order valence-electron chi connectivity index (χ1n) is 10.2. The highest BCUT2D eigenvalue weighted by molar-refractivity contribution is 5.96. The van der Waals surface area contributed by atoms with Crippen LogP contribution in [0.5, 0.6) is 0 Å². The summed E-state index contributed by atoms with van der Waals surface area (Å²) in [5.41, 5.74) is 1.68. The molecule has 0 aliphatic carbocycles. The molecule has 2 N–H and O–H groups in total. The third-order valence-electron chi connectivity index (χ3n) is 5.44. The van der Waals surface area contributed by atoms with Crippen molar-refractivity contribution in [1.29, 1.82) is 0 Å². The highest BCUT2D eigenvalue weighted by Crippen LogP contribution is 2.25. The molecular weight excluding hydrogens is 394 g/mol. The van der Waals surface area contributed by atoms with E-state index in [-0.39, 0.29) is 31.4 Å². The summed E-state index contributed by atoms with van der Waals surface area (Å²) in [6, 6.07) is 15.2. The van der Waals surface area contributed by atoms with Crippen LogP contribution in [0.25, 0.3) is 0 Å². The Balaban J connectivity index is 1.57. The smallest absolute Gasteiger partial charge is 0.257 e. The molecule has 0 radical (unpaired) electrons. The first-order valence-corrected chi connectivity index (χ1v) is 10.2. The van der Waals surface area contributed by atoms with E-state index in [1.54, 1.807) is 18.0 Å². The molecule has 1 aliphatic heterocycles. The summed E-state index contributed by atoms with van der Waals surface area (Å²) in [7, 11) is 0. The molecular formula is C23H25N5O3. The summed E-state index contributed by atoms with van der Waals surface area (Å²) in [4.78, 5) is 32.5. The number of hydrogen-bond donors (Lipinski definition) is 2. The molecule has 1 atom stereocenters. The van der Waals surface area contributed by atoms with Crippen molar-refractivity contribution in [3.63, 3.8) is 0 Å². The summed E-state index contributed by atoms with van der Waals surface area (Å²) < 4.78 is 6.08. The zero-order valence-corrected chi connectivity index (χ0v) is 17.4. The Labute approximate surface area is 180 Å². The van der Waals surface area contributed by atoms with Crippen molar-refractivity contribution < 1.29 is 14.3 Å². The number of carbonyl (C=O) groups is 2. The third kappa shape index (κ3) is 4.64. The summed E-state index contributed by atoms with van der Waals surface area (Å²) in [5.74, 6) is -0.431. The molecule has 31 heavy (non-hydrogen) atoms. The summed E-state index contributed by atoms with van der Waals surface area (Å²) in [6.45, 7) is 2.97. The molecule has 8 nitrogen and oxygen atoms in total. The number of hydrogen-bond acceptors (Lipinski definition) is 5. The van der Waals surface area contributed by atoms with Gasteiger partial charge in [-0.15, -0.1) is 0 Å². The second kappa shape index (κ2) is 9.09. The number of rotatable bonds is 6. The van der Waals surface area contributed by atoms with Gasteiger partial charge in [-0.3, -0.25) is 19.7 Å². The van der Waals surface area contributed by atoms with Crippen molar-refractivity contribution in [3.8, 4) is 0 Å². The Hall–Kier alpha value is -3.52. The Kier molecular flexibility index (Phi) is 6.08. The minimum atomic E-state index is -1.23. The molecule has 0 bridgehead atoms. The van der Waals surface area contributed by atoms with E-state index in [1.165, 1.54) is 6.20 Å². The van der Waals surface area contributed by atoms with Crippen molar-refractivity contribution in [2.45, 2.75) is 25.5 Å². The predicted molar refractivity (Wildman–Crippen MR) is 114 cm³/mol. The van der Waals surface area contributed by atoms with E-state index in [4.69, 9.17) is 4.74 Å². The van der Waals surface area contributed by atoms with Gasteiger partial charge in [0.1, 0.15) is 0 Å². The predicted octanol–water partition coefficient (Wildman–Crippen LogP) is 1.88. The van der Waals surface area contributed by atoms with Crippen LogP contribution in [-0.2, 0) is 22.5 Å². The maximum absolute atomic E-state index is 13.4. The lowest BCUT2D eigenvalue weighted by molar-refractivity contribution is -0.157. The number of benzene rings is 1. The largest absolute Gasteiger partial charge is 0.361 e. The van der Waals surface area contributed by atoms with Crippen LogP contribution in [0.1, 0.15) is 27.3 Å². The van der Waals surface area contributed by atoms with Crippen LogP contribution in [0, 0.1) is 6.92 Å². The number of nitrogens with one attached hydrogen (secondary N) is 2. The van der Waals surface area contributed by atoms with Gasteiger partial charge in [-0.05, 0) is 24.6 Å². The van der Waals surface area contributed by atoms with Gasteiger partial charge in [0.25, 0.3) is 11.8 Å². The molecule has 1 saturated heterocycles. The Morgan fingerprint density at radius 2 is 2.00 bits per heavy atom. The van der Waals surface area contributed by atoms with Gasteiger partial charge in [0, 0.05) is 37.1 Å². The first kappa shape index (κ1) is 20.7. The molecule has 0 saturated carbocycles. The molecule has 2 aromatic heterocycles. The van der Waals surface area contributed by atoms with E-state index in [1.807, 2.05) is 48.5 Å². The van der Waals surface area contributed by atoms with Crippen molar-refractivity contribution in [1.82, 2.24) is 25.4 Å². The van der Waals surface area contributed by atoms with Crippen molar-refractivity contribution >= 4 is 11.8 Å². The molecule has 1 aliphatic rings. The fraction of sp³-hybridized carbons (Fsp3) is 0.304. The average molecular weight is 419 g/mol. The van der Waals surface area contributed by atoms with Crippen LogP contribution in [0.4, 0.5) is 0 Å². The topological polar surface area (TPSA) is 100 Å². The van der Waals surface area contributed by atoms with E-state index in [9.17, 15) is 9.59 Å². The SMILES string of the molecule is Cc1[nH]ncc1C(=O)N1CCO[C@](Cc2ccccn2)(C(=O)NCc2ccccc2)C1. The Morgan fingerprint density at radius 1 is 1.19 bits per heavy atom. The number of aryl methyl sites for hydroxylation is 1. The highest BCUT2D eigenvalue weighted by atomic mass is 16.5. The quantitative estimate of drug-likeness (QED) is 0.636. The molecule has 3 aromatic rings. The maximum Gasteiger partial charge on any atom is 0.257 e. The van der Waals surface area contributed by atoms with Crippen LogP contribution < -0.4 is 5.32 Å². The van der Waals surface area contributed by atoms with Crippen LogP contribution in [0.15, 0.2) is 60.9 Å². The van der Waals surface area contributed by atoms with Crippen LogP contribution in [-0.4, -0.2) is 57.2 Å². The molecule has 8 heteroatoms. The molecule has 0 unspecified atom stereocenters. The van der Waals surface area contributed by atoms with Crippen molar-refractivity contribution in [2.75, 3.05) is 19.7 Å². The fourth-order valence-electron chi connectivity index (χ4n) is 3.75. The molecule has 3 heterocycles. The number of pyridine rings is 1. The average Bonchev–Trinajstić information content (AvgIpc) is 3.24. The molecule has 160 valence electrons. The lowest BCUT2D eigenvalue weighted by Gasteiger charge is -2.41. The number of carbonyl (C=O) groups excluding carboxylic acids is 2. The number of ether oxygens (including phenoxy) is 1. The van der Waals surface area contributed by atoms with E-state index in [2.05, 4.69) is 20.5 Å². The van der Waals surface area contributed by atoms with E-state index in [0.29, 0.717) is 24.3 Å². The number of aromatic amines is 1. The second-order valence-corrected chi connectivity index (χ2v) is 7.64. The number of amides is 2. The van der Waals surface area contributed by atoms with E-state index >= 15 is 0 Å². The first-order chi connectivity index (χ1) is 15.1. The fourth-order valence-corrected chi connectivity index (χ4v) is 3.75. The van der Waals surface area contributed by atoms with Gasteiger partial charge >= 0.3 is 0 Å². The zero-order chi connectivity index (χ0) is 21.7. The zero-order valence-electron chi connectivity index (χ0n) is 17.4. The molecule has 0 spiro atoms. The van der Waals surface area contributed by atoms with Gasteiger partial charge in [-0.1, -0.05) is 36.4 Å². The van der Waals surface area contributed by atoms with Gasteiger partial charge in [-0.2, -0.15) is 5.10 Å². The molecule has 2 amide bonds. The monoisotopic (exact) mass is 419 g/mol. The highest BCUT2D eigenvalue weighted by Gasteiger charge is 2.45. The van der Waals surface area contributed by atoms with Gasteiger partial charge in [0.15, 0.2) is 5.60 Å². The van der Waals surface area contributed by atoms with Gasteiger partial charge in [-0.25, -0.2) is 0 Å². The molecule has 1 fully saturated rings. The Morgan fingerprint density at radius 3 is 2.71 bits per heavy atom. The number of morpholine rings is 1. The summed E-state index contributed by atoms with van der Waals surface area (Å²) >= 11 is 0. The third-order valence-corrected chi connectivity index (χ3v) is 5.44. The van der Waals surface area contributed by atoms with Crippen molar-refractivity contribution in [2.24, 2.45) is 0 Å². The van der Waals surface area contributed by atoms with Crippen LogP contribution in [0.3, 0.4) is 0 Å². The van der Waals surface area contributed by atoms with Crippen molar-refractivity contribution in [3.05, 3.63) is 83.4 Å². The van der Waals surface area contributed by atoms with Gasteiger partial charge < -0.3 is 15.0 Å². The van der Waals surface area contributed by atoms with E-state index in [0.717, 1.165) is 11.3 Å². The Bertz CT molecular complexity index is 1040. The minimum Gasteiger partial charge on any atom is -0.361 e. The van der Waals surface area contributed by atoms with Crippen LogP contribution in [0.2, 0.25) is 0 Å². The second-order valence-electron chi connectivity index (χ2n) is 7.64. The van der Waals surface area contributed by atoms with Crippen LogP contribution >= 0.6 is 0 Å². The summed E-state index contributed by atoms with van der Waals surface area (Å²) in [5, 5.41) is 9.73. The molecule has 1 aromatic carbocycles. The molecule has 4 rings (SSSR count). The number of H-pyrrole nitrogens is 1.